The van der Waals surface area contributed by atoms with E-state index >= 15 is 0 Å². The molecule has 0 saturated carbocycles. The van der Waals surface area contributed by atoms with Crippen LogP contribution in [0.5, 0.6) is 0 Å². The van der Waals surface area contributed by atoms with E-state index in [-0.39, 0.29) is 17.1 Å². The Balaban J connectivity index is 1.68. The van der Waals surface area contributed by atoms with Crippen molar-refractivity contribution in [2.24, 2.45) is 0 Å². The third-order valence-electron chi connectivity index (χ3n) is 4.09. The lowest BCUT2D eigenvalue weighted by Gasteiger charge is -2.09. The quantitative estimate of drug-likeness (QED) is 0.705. The van der Waals surface area contributed by atoms with Crippen molar-refractivity contribution in [1.82, 2.24) is 10.3 Å². The van der Waals surface area contributed by atoms with Gasteiger partial charge in [0.05, 0.1) is 0 Å². The maximum Gasteiger partial charge on any atom is 0.274 e. The lowest BCUT2D eigenvalue weighted by Crippen LogP contribution is -2.25. The molecule has 142 valence electrons. The van der Waals surface area contributed by atoms with Crippen LogP contribution < -0.4 is 10.6 Å². The maximum atomic E-state index is 13.3. The molecule has 0 atom stereocenters. The van der Waals surface area contributed by atoms with Gasteiger partial charge in [-0.1, -0.05) is 30.3 Å². The maximum absolute atomic E-state index is 13.3. The van der Waals surface area contributed by atoms with Crippen molar-refractivity contribution < 1.29 is 18.4 Å². The normalized spacial score (nSPS) is 10.4. The van der Waals surface area contributed by atoms with Crippen LogP contribution in [-0.4, -0.2) is 16.8 Å². The molecule has 5 nitrogen and oxygen atoms in total. The van der Waals surface area contributed by atoms with Gasteiger partial charge in [0.15, 0.2) is 11.6 Å². The summed E-state index contributed by atoms with van der Waals surface area (Å²) in [5.41, 5.74) is 2.17. The van der Waals surface area contributed by atoms with Crippen molar-refractivity contribution in [2.75, 3.05) is 5.32 Å². The van der Waals surface area contributed by atoms with Gasteiger partial charge in [0.2, 0.25) is 0 Å². The highest BCUT2D eigenvalue weighted by Crippen LogP contribution is 2.14. The summed E-state index contributed by atoms with van der Waals surface area (Å²) in [6.07, 6.45) is 0. The zero-order valence-electron chi connectivity index (χ0n) is 15.0. The Morgan fingerprint density at radius 2 is 1.61 bits per heavy atom. The molecule has 28 heavy (non-hydrogen) atoms. The number of carbonyl (C=O) groups is 2. The number of amides is 2. The predicted octanol–water partition coefficient (Wildman–Crippen LogP) is 3.85. The van der Waals surface area contributed by atoms with Crippen molar-refractivity contribution in [3.05, 3.63) is 94.8 Å². The summed E-state index contributed by atoms with van der Waals surface area (Å²) in [4.78, 5) is 28.7. The van der Waals surface area contributed by atoms with Crippen LogP contribution >= 0.6 is 0 Å². The Labute approximate surface area is 160 Å². The molecule has 0 aliphatic heterocycles. The van der Waals surface area contributed by atoms with Crippen LogP contribution in [0.2, 0.25) is 0 Å². The molecule has 0 unspecified atom stereocenters. The van der Waals surface area contributed by atoms with Crippen LogP contribution in [0.1, 0.15) is 32.1 Å². The van der Waals surface area contributed by atoms with Crippen LogP contribution in [0.3, 0.4) is 0 Å². The Morgan fingerprint density at radius 1 is 0.893 bits per heavy atom. The third-order valence-corrected chi connectivity index (χ3v) is 4.09. The lowest BCUT2D eigenvalue weighted by atomic mass is 10.1. The first-order chi connectivity index (χ1) is 13.4. The number of nitrogens with zero attached hydrogens (tertiary/aromatic N) is 1. The highest BCUT2D eigenvalue weighted by Gasteiger charge is 2.13. The van der Waals surface area contributed by atoms with E-state index in [1.54, 1.807) is 0 Å². The lowest BCUT2D eigenvalue weighted by molar-refractivity contribution is 0.0945. The Kier molecular flexibility index (Phi) is 5.74. The van der Waals surface area contributed by atoms with E-state index < -0.39 is 23.4 Å². The molecule has 0 bridgehead atoms. The van der Waals surface area contributed by atoms with Gasteiger partial charge in [-0.25, -0.2) is 13.8 Å². The number of halogens is 2. The standard InChI is InChI=1S/C21H17F2N3O2/c1-13-5-2-3-6-14(13)12-24-20(27)18-7-4-8-19(26-18)21(28)25-15-9-10-16(22)17(23)11-15/h2-11H,12H2,1H3,(H,24,27)(H,25,28). The van der Waals surface area contributed by atoms with Crippen LogP contribution in [0, 0.1) is 18.6 Å². The van der Waals surface area contributed by atoms with Crippen LogP contribution in [-0.2, 0) is 6.54 Å². The van der Waals surface area contributed by atoms with E-state index in [9.17, 15) is 18.4 Å². The molecule has 0 fully saturated rings. The number of carbonyl (C=O) groups excluding carboxylic acids is 2. The first-order valence-electron chi connectivity index (χ1n) is 8.50. The smallest absolute Gasteiger partial charge is 0.274 e. The van der Waals surface area contributed by atoms with E-state index in [1.807, 2.05) is 31.2 Å². The number of nitrogens with one attached hydrogen (secondary N) is 2. The molecular weight excluding hydrogens is 364 g/mol. The summed E-state index contributed by atoms with van der Waals surface area (Å²) in [7, 11) is 0. The van der Waals surface area contributed by atoms with Gasteiger partial charge in [0.25, 0.3) is 11.8 Å². The highest BCUT2D eigenvalue weighted by atomic mass is 19.2. The zero-order valence-corrected chi connectivity index (χ0v) is 15.0. The van der Waals surface area contributed by atoms with E-state index in [1.165, 1.54) is 24.3 Å². The second kappa shape index (κ2) is 8.39. The predicted molar refractivity (Wildman–Crippen MR) is 101 cm³/mol. The minimum absolute atomic E-state index is 0.0201. The largest absolute Gasteiger partial charge is 0.347 e. The molecule has 0 radical (unpaired) electrons. The molecule has 2 N–H and O–H groups in total. The van der Waals surface area contributed by atoms with Crippen molar-refractivity contribution >= 4 is 17.5 Å². The molecule has 0 spiro atoms. The van der Waals surface area contributed by atoms with Gasteiger partial charge in [-0.05, 0) is 42.3 Å². The summed E-state index contributed by atoms with van der Waals surface area (Å²) in [6.45, 7) is 2.28. The number of rotatable bonds is 5. The number of hydrogen-bond donors (Lipinski definition) is 2. The van der Waals surface area contributed by atoms with Crippen LogP contribution in [0.4, 0.5) is 14.5 Å². The summed E-state index contributed by atoms with van der Waals surface area (Å²) in [5.74, 6) is -3.15. The topological polar surface area (TPSA) is 71.1 Å². The van der Waals surface area contributed by atoms with Crippen LogP contribution in [0.15, 0.2) is 60.7 Å². The fourth-order valence-corrected chi connectivity index (χ4v) is 2.53. The molecule has 0 aliphatic carbocycles. The number of hydrogen-bond acceptors (Lipinski definition) is 3. The summed E-state index contributed by atoms with van der Waals surface area (Å²) < 4.78 is 26.2. The zero-order chi connectivity index (χ0) is 20.1. The molecule has 2 amide bonds. The fraction of sp³-hybridized carbons (Fsp3) is 0.0952. The molecule has 0 saturated heterocycles. The first-order valence-corrected chi connectivity index (χ1v) is 8.50. The second-order valence-corrected chi connectivity index (χ2v) is 6.10. The van der Waals surface area contributed by atoms with E-state index in [4.69, 9.17) is 0 Å². The van der Waals surface area contributed by atoms with Gasteiger partial charge >= 0.3 is 0 Å². The minimum atomic E-state index is -1.07. The number of pyridine rings is 1. The van der Waals surface area contributed by atoms with Crippen LogP contribution in [0.25, 0.3) is 0 Å². The average Bonchev–Trinajstić information content (AvgIpc) is 2.70. The summed E-state index contributed by atoms with van der Waals surface area (Å²) >= 11 is 0. The van der Waals surface area contributed by atoms with E-state index in [0.717, 1.165) is 23.3 Å². The van der Waals surface area contributed by atoms with Crippen molar-refractivity contribution in [2.45, 2.75) is 13.5 Å². The van der Waals surface area contributed by atoms with Crippen molar-refractivity contribution in [3.63, 3.8) is 0 Å². The molecule has 2 aromatic carbocycles. The monoisotopic (exact) mass is 381 g/mol. The van der Waals surface area contributed by atoms with Gasteiger partial charge in [-0.2, -0.15) is 0 Å². The molecule has 1 heterocycles. The number of aromatic nitrogens is 1. The molecule has 1 aromatic heterocycles. The van der Waals surface area contributed by atoms with E-state index in [0.29, 0.717) is 6.54 Å². The molecule has 0 aliphatic rings. The SMILES string of the molecule is Cc1ccccc1CNC(=O)c1cccc(C(=O)Nc2ccc(F)c(F)c2)n1. The summed E-state index contributed by atoms with van der Waals surface area (Å²) in [6, 6.07) is 15.1. The average molecular weight is 381 g/mol. The van der Waals surface area contributed by atoms with Gasteiger partial charge in [-0.15, -0.1) is 0 Å². The Morgan fingerprint density at radius 3 is 2.32 bits per heavy atom. The first kappa shape index (κ1) is 19.2. The van der Waals surface area contributed by atoms with Gasteiger partial charge in [0, 0.05) is 18.3 Å². The Bertz CT molecular complexity index is 1040. The van der Waals surface area contributed by atoms with Gasteiger partial charge in [-0.3, -0.25) is 9.59 Å². The summed E-state index contributed by atoms with van der Waals surface area (Å²) in [5, 5.41) is 5.18. The fourth-order valence-electron chi connectivity index (χ4n) is 2.53. The number of anilines is 1. The number of aryl methyl sites for hydroxylation is 1. The minimum Gasteiger partial charge on any atom is -0.347 e. The van der Waals surface area contributed by atoms with Crippen molar-refractivity contribution in [1.29, 1.82) is 0 Å². The highest BCUT2D eigenvalue weighted by molar-refractivity contribution is 6.03. The molecule has 3 rings (SSSR count). The van der Waals surface area contributed by atoms with Gasteiger partial charge in [0.1, 0.15) is 11.4 Å². The molecular formula is C21H17F2N3O2. The molecule has 7 heteroatoms. The van der Waals surface area contributed by atoms with Gasteiger partial charge < -0.3 is 10.6 Å². The number of benzene rings is 2. The van der Waals surface area contributed by atoms with Crippen molar-refractivity contribution in [3.8, 4) is 0 Å². The third kappa shape index (κ3) is 4.56. The molecule has 3 aromatic rings. The second-order valence-electron chi connectivity index (χ2n) is 6.10. The Hall–Kier alpha value is -3.61. The van der Waals surface area contributed by atoms with E-state index in [2.05, 4.69) is 15.6 Å².